The Hall–Kier alpha value is -0.823. The molecule has 0 amide bonds. The molecule has 0 aliphatic heterocycles. The predicted molar refractivity (Wildman–Crippen MR) is 84.5 cm³/mol. The second-order valence-corrected chi connectivity index (χ2v) is 7.74. The number of benzene rings is 1. The Kier molecular flexibility index (Phi) is 8.78. The zero-order valence-corrected chi connectivity index (χ0v) is 14.7. The van der Waals surface area contributed by atoms with Crippen molar-refractivity contribution >= 4 is 8.80 Å². The van der Waals surface area contributed by atoms with Gasteiger partial charge in [-0.3, -0.25) is 0 Å². The van der Waals surface area contributed by atoms with Crippen molar-refractivity contribution in [1.82, 2.24) is 0 Å². The Labute approximate surface area is 133 Å². The first-order chi connectivity index (χ1) is 10.6. The summed E-state index contributed by atoms with van der Waals surface area (Å²) in [6.45, 7) is 7.62. The highest BCUT2D eigenvalue weighted by molar-refractivity contribution is 6.60. The molecule has 1 aromatic rings. The summed E-state index contributed by atoms with van der Waals surface area (Å²) < 4.78 is 44.3. The van der Waals surface area contributed by atoms with Gasteiger partial charge in [-0.2, -0.15) is 0 Å². The average Bonchev–Trinajstić information content (AvgIpc) is 2.52. The summed E-state index contributed by atoms with van der Waals surface area (Å²) in [6.07, 6.45) is 2.53. The zero-order chi connectivity index (χ0) is 16.4. The van der Waals surface area contributed by atoms with Gasteiger partial charge in [0.05, 0.1) is 0 Å². The molecular formula is C16H26F2O3Si. The standard InChI is InChI=1S/C16H26F2O3Si/c1-4-9-19-22(20-10-5-2,21-11-6-3)13-14-7-8-15(17)16(18)12-14/h7-8,12H,4-6,9-11,13H2,1-3H3. The van der Waals surface area contributed by atoms with Crippen LogP contribution >= 0.6 is 0 Å². The Morgan fingerprint density at radius 1 is 0.818 bits per heavy atom. The van der Waals surface area contributed by atoms with Crippen molar-refractivity contribution in [2.24, 2.45) is 0 Å². The van der Waals surface area contributed by atoms with Crippen LogP contribution in [-0.4, -0.2) is 28.6 Å². The molecule has 6 heteroatoms. The summed E-state index contributed by atoms with van der Waals surface area (Å²) >= 11 is 0. The molecule has 126 valence electrons. The number of hydrogen-bond donors (Lipinski definition) is 0. The van der Waals surface area contributed by atoms with Crippen LogP contribution in [0.1, 0.15) is 45.6 Å². The first-order valence-electron chi connectivity index (χ1n) is 7.92. The van der Waals surface area contributed by atoms with Crippen LogP contribution in [-0.2, 0) is 19.3 Å². The molecule has 0 fully saturated rings. The highest BCUT2D eigenvalue weighted by Crippen LogP contribution is 2.20. The summed E-state index contributed by atoms with van der Waals surface area (Å²) in [6, 6.07) is 4.23. The Morgan fingerprint density at radius 2 is 1.32 bits per heavy atom. The molecule has 0 saturated heterocycles. The van der Waals surface area contributed by atoms with Gasteiger partial charge < -0.3 is 13.3 Å². The summed E-state index contributed by atoms with van der Waals surface area (Å²) in [5.41, 5.74) is 0.633. The Balaban J connectivity index is 2.94. The quantitative estimate of drug-likeness (QED) is 0.567. The van der Waals surface area contributed by atoms with Crippen LogP contribution in [0.4, 0.5) is 8.78 Å². The highest BCUT2D eigenvalue weighted by atomic mass is 28.4. The molecule has 0 atom stereocenters. The van der Waals surface area contributed by atoms with Gasteiger partial charge in [0.25, 0.3) is 0 Å². The summed E-state index contributed by atoms with van der Waals surface area (Å²) in [5.74, 6) is -1.71. The third-order valence-corrected chi connectivity index (χ3v) is 5.76. The van der Waals surface area contributed by atoms with Gasteiger partial charge in [-0.25, -0.2) is 8.78 Å². The van der Waals surface area contributed by atoms with E-state index >= 15 is 0 Å². The van der Waals surface area contributed by atoms with Gasteiger partial charge >= 0.3 is 8.80 Å². The van der Waals surface area contributed by atoms with E-state index in [-0.39, 0.29) is 0 Å². The van der Waals surface area contributed by atoms with Gasteiger partial charge in [0.15, 0.2) is 11.6 Å². The maximum atomic E-state index is 13.4. The van der Waals surface area contributed by atoms with E-state index in [1.807, 2.05) is 20.8 Å². The molecule has 22 heavy (non-hydrogen) atoms. The van der Waals surface area contributed by atoms with Crippen LogP contribution < -0.4 is 0 Å². The van der Waals surface area contributed by atoms with Gasteiger partial charge in [-0.05, 0) is 37.0 Å². The largest absolute Gasteiger partial charge is 0.505 e. The highest BCUT2D eigenvalue weighted by Gasteiger charge is 2.41. The molecular weight excluding hydrogens is 306 g/mol. The van der Waals surface area contributed by atoms with Crippen molar-refractivity contribution in [3.05, 3.63) is 35.4 Å². The summed E-state index contributed by atoms with van der Waals surface area (Å²) in [5, 5.41) is 0. The minimum absolute atomic E-state index is 0.351. The minimum atomic E-state index is -2.93. The van der Waals surface area contributed by atoms with E-state index in [1.54, 1.807) is 6.07 Å². The van der Waals surface area contributed by atoms with Crippen LogP contribution in [0.25, 0.3) is 0 Å². The fourth-order valence-corrected chi connectivity index (χ4v) is 4.77. The zero-order valence-electron chi connectivity index (χ0n) is 13.7. The lowest BCUT2D eigenvalue weighted by atomic mass is 10.2. The maximum Gasteiger partial charge on any atom is 0.505 e. The van der Waals surface area contributed by atoms with Crippen molar-refractivity contribution in [1.29, 1.82) is 0 Å². The van der Waals surface area contributed by atoms with E-state index in [2.05, 4.69) is 0 Å². The third kappa shape index (κ3) is 6.12. The fourth-order valence-electron chi connectivity index (χ4n) is 1.95. The molecule has 3 nitrogen and oxygen atoms in total. The first-order valence-corrected chi connectivity index (χ1v) is 9.85. The van der Waals surface area contributed by atoms with Crippen molar-refractivity contribution in [2.75, 3.05) is 19.8 Å². The van der Waals surface area contributed by atoms with Crippen LogP contribution in [0, 0.1) is 11.6 Å². The number of halogens is 2. The lowest BCUT2D eigenvalue weighted by molar-refractivity contribution is 0.0583. The molecule has 0 N–H and O–H groups in total. The number of rotatable bonds is 11. The molecule has 0 unspecified atom stereocenters. The van der Waals surface area contributed by atoms with Crippen molar-refractivity contribution in [2.45, 2.75) is 46.1 Å². The normalized spacial score (nSPS) is 11.9. The first kappa shape index (κ1) is 19.2. The summed E-state index contributed by atoms with van der Waals surface area (Å²) in [7, 11) is -2.93. The lowest BCUT2D eigenvalue weighted by Crippen LogP contribution is -2.49. The molecule has 0 saturated carbocycles. The monoisotopic (exact) mass is 332 g/mol. The Morgan fingerprint density at radius 3 is 1.73 bits per heavy atom. The van der Waals surface area contributed by atoms with E-state index in [0.717, 1.165) is 25.3 Å². The maximum absolute atomic E-state index is 13.4. The van der Waals surface area contributed by atoms with Crippen LogP contribution in [0.15, 0.2) is 18.2 Å². The van der Waals surface area contributed by atoms with E-state index < -0.39 is 20.4 Å². The molecule has 0 bridgehead atoms. The smallest absolute Gasteiger partial charge is 0.373 e. The molecule has 0 heterocycles. The minimum Gasteiger partial charge on any atom is -0.373 e. The molecule has 0 aliphatic rings. The van der Waals surface area contributed by atoms with Gasteiger partial charge in [-0.15, -0.1) is 0 Å². The van der Waals surface area contributed by atoms with Crippen molar-refractivity contribution in [3.63, 3.8) is 0 Å². The van der Waals surface area contributed by atoms with Gasteiger partial charge in [-0.1, -0.05) is 26.8 Å². The van der Waals surface area contributed by atoms with E-state index in [1.165, 1.54) is 6.07 Å². The van der Waals surface area contributed by atoms with E-state index in [9.17, 15) is 8.78 Å². The van der Waals surface area contributed by atoms with Gasteiger partial charge in [0.2, 0.25) is 0 Å². The van der Waals surface area contributed by atoms with Crippen LogP contribution in [0.2, 0.25) is 0 Å². The second-order valence-electron chi connectivity index (χ2n) is 5.15. The molecule has 0 aromatic heterocycles. The second kappa shape index (κ2) is 10.0. The lowest BCUT2D eigenvalue weighted by Gasteiger charge is -2.29. The predicted octanol–water partition coefficient (Wildman–Crippen LogP) is 4.27. The topological polar surface area (TPSA) is 27.7 Å². The third-order valence-electron chi connectivity index (χ3n) is 2.98. The molecule has 0 radical (unpaired) electrons. The van der Waals surface area contributed by atoms with Gasteiger partial charge in [0, 0.05) is 25.9 Å². The number of hydrogen-bond acceptors (Lipinski definition) is 3. The average molecular weight is 332 g/mol. The SMILES string of the molecule is CCCO[Si](Cc1ccc(F)c(F)c1)(OCCC)OCCC. The Bertz CT molecular complexity index is 422. The van der Waals surface area contributed by atoms with Crippen molar-refractivity contribution < 1.29 is 22.1 Å². The van der Waals surface area contributed by atoms with E-state index in [4.69, 9.17) is 13.3 Å². The fraction of sp³-hybridized carbons (Fsp3) is 0.625. The summed E-state index contributed by atoms with van der Waals surface area (Å²) in [4.78, 5) is 0. The van der Waals surface area contributed by atoms with Crippen LogP contribution in [0.3, 0.4) is 0 Å². The van der Waals surface area contributed by atoms with Gasteiger partial charge in [0.1, 0.15) is 0 Å². The molecule has 0 spiro atoms. The van der Waals surface area contributed by atoms with Crippen LogP contribution in [0.5, 0.6) is 0 Å². The molecule has 0 aliphatic carbocycles. The molecule has 1 rings (SSSR count). The molecule has 1 aromatic carbocycles. The van der Waals surface area contributed by atoms with Crippen molar-refractivity contribution in [3.8, 4) is 0 Å². The van der Waals surface area contributed by atoms with E-state index in [0.29, 0.717) is 31.4 Å².